The van der Waals surface area contributed by atoms with Crippen LogP contribution in [0.3, 0.4) is 0 Å². The van der Waals surface area contributed by atoms with Crippen LogP contribution in [0.1, 0.15) is 46.0 Å². The zero-order valence-corrected chi connectivity index (χ0v) is 7.69. The third-order valence-corrected chi connectivity index (χ3v) is 3.61. The highest BCUT2D eigenvalue weighted by Crippen LogP contribution is 2.52. The molecule has 0 spiro atoms. The fraction of sp³-hybridized carbons (Fsp3) is 1.00. The number of rotatable bonds is 1. The summed E-state index contributed by atoms with van der Waals surface area (Å²) in [5, 5.41) is 0. The Labute approximate surface area is 69.4 Å². The summed E-state index contributed by atoms with van der Waals surface area (Å²) >= 11 is 0. The van der Waals surface area contributed by atoms with E-state index >= 15 is 0 Å². The summed E-state index contributed by atoms with van der Waals surface area (Å²) in [5.74, 6) is 0.845. The molecule has 2 saturated carbocycles. The molecule has 2 rings (SSSR count). The lowest BCUT2D eigenvalue weighted by atomic mass is 9.88. The maximum absolute atomic E-state index is 6.17. The first kappa shape index (κ1) is 7.60. The molecule has 1 unspecified atom stereocenters. The lowest BCUT2D eigenvalue weighted by Gasteiger charge is -2.21. The van der Waals surface area contributed by atoms with Gasteiger partial charge in [-0.25, -0.2) is 0 Å². The topological polar surface area (TPSA) is 26.0 Å². The van der Waals surface area contributed by atoms with Gasteiger partial charge in [0.25, 0.3) is 0 Å². The summed E-state index contributed by atoms with van der Waals surface area (Å²) in [6.45, 7) is 4.75. The lowest BCUT2D eigenvalue weighted by Crippen LogP contribution is -2.31. The Kier molecular flexibility index (Phi) is 1.39. The Morgan fingerprint density at radius 3 is 2.18 bits per heavy atom. The van der Waals surface area contributed by atoms with Gasteiger partial charge in [0.2, 0.25) is 0 Å². The van der Waals surface area contributed by atoms with Crippen LogP contribution in [0.25, 0.3) is 0 Å². The fourth-order valence-electron chi connectivity index (χ4n) is 2.48. The van der Waals surface area contributed by atoms with Crippen LogP contribution in [-0.2, 0) is 0 Å². The van der Waals surface area contributed by atoms with Crippen LogP contribution in [0.2, 0.25) is 0 Å². The summed E-state index contributed by atoms with van der Waals surface area (Å²) in [5.41, 5.74) is 7.04. The van der Waals surface area contributed by atoms with Crippen LogP contribution in [0.5, 0.6) is 0 Å². The van der Waals surface area contributed by atoms with Crippen LogP contribution in [0.4, 0.5) is 0 Å². The van der Waals surface area contributed by atoms with E-state index in [1.807, 2.05) is 0 Å². The largest absolute Gasteiger partial charge is 0.325 e. The SMILES string of the molecule is CC1(C)CCC(C2(N)CC2)C1. The van der Waals surface area contributed by atoms with Gasteiger partial charge < -0.3 is 5.73 Å². The fourth-order valence-corrected chi connectivity index (χ4v) is 2.48. The molecule has 11 heavy (non-hydrogen) atoms. The number of hydrogen-bond donors (Lipinski definition) is 1. The van der Waals surface area contributed by atoms with Crippen molar-refractivity contribution in [1.82, 2.24) is 0 Å². The molecular weight excluding hydrogens is 134 g/mol. The van der Waals surface area contributed by atoms with Gasteiger partial charge in [0.15, 0.2) is 0 Å². The van der Waals surface area contributed by atoms with E-state index in [1.54, 1.807) is 0 Å². The summed E-state index contributed by atoms with van der Waals surface area (Å²) in [6.07, 6.45) is 6.70. The molecule has 0 saturated heterocycles. The average molecular weight is 153 g/mol. The van der Waals surface area contributed by atoms with Crippen molar-refractivity contribution in [2.45, 2.75) is 51.5 Å². The number of hydrogen-bond acceptors (Lipinski definition) is 1. The van der Waals surface area contributed by atoms with Gasteiger partial charge in [-0.05, 0) is 43.4 Å². The smallest absolute Gasteiger partial charge is 0.0184 e. The van der Waals surface area contributed by atoms with E-state index in [1.165, 1.54) is 32.1 Å². The molecule has 1 heteroatoms. The van der Waals surface area contributed by atoms with E-state index in [9.17, 15) is 0 Å². The minimum atomic E-state index is 0.285. The van der Waals surface area contributed by atoms with Gasteiger partial charge >= 0.3 is 0 Å². The van der Waals surface area contributed by atoms with Crippen molar-refractivity contribution in [3.05, 3.63) is 0 Å². The molecule has 64 valence electrons. The van der Waals surface area contributed by atoms with Crippen LogP contribution in [0.15, 0.2) is 0 Å². The minimum Gasteiger partial charge on any atom is -0.325 e. The first-order valence-corrected chi connectivity index (χ1v) is 4.81. The van der Waals surface area contributed by atoms with Crippen LogP contribution in [0, 0.1) is 11.3 Å². The van der Waals surface area contributed by atoms with Crippen molar-refractivity contribution in [2.75, 3.05) is 0 Å². The van der Waals surface area contributed by atoms with Gasteiger partial charge in [0, 0.05) is 5.54 Å². The molecule has 2 N–H and O–H groups in total. The van der Waals surface area contributed by atoms with Crippen molar-refractivity contribution in [2.24, 2.45) is 17.1 Å². The monoisotopic (exact) mass is 153 g/mol. The molecule has 0 amide bonds. The normalized spacial score (nSPS) is 39.0. The Bertz CT molecular complexity index is 168. The first-order valence-electron chi connectivity index (χ1n) is 4.81. The van der Waals surface area contributed by atoms with Crippen LogP contribution >= 0.6 is 0 Å². The average Bonchev–Trinajstić information content (AvgIpc) is 2.51. The molecule has 1 nitrogen and oxygen atoms in total. The molecular formula is C10H19N. The highest BCUT2D eigenvalue weighted by molar-refractivity contribution is 5.07. The molecule has 1 atom stereocenters. The maximum Gasteiger partial charge on any atom is 0.0184 e. The summed E-state index contributed by atoms with van der Waals surface area (Å²) in [6, 6.07) is 0. The van der Waals surface area contributed by atoms with Gasteiger partial charge in [0.1, 0.15) is 0 Å². The predicted octanol–water partition coefficient (Wildman–Crippen LogP) is 2.30. The highest BCUT2D eigenvalue weighted by Gasteiger charge is 2.49. The molecule has 0 aromatic rings. The second-order valence-corrected chi connectivity index (χ2v) is 5.34. The molecule has 0 heterocycles. The van der Waals surface area contributed by atoms with E-state index in [2.05, 4.69) is 13.8 Å². The molecule has 0 radical (unpaired) electrons. The van der Waals surface area contributed by atoms with E-state index in [0.717, 1.165) is 5.92 Å². The summed E-state index contributed by atoms with van der Waals surface area (Å²) in [7, 11) is 0. The Morgan fingerprint density at radius 2 is 1.82 bits per heavy atom. The molecule has 0 aliphatic heterocycles. The maximum atomic E-state index is 6.17. The molecule has 2 fully saturated rings. The standard InChI is InChI=1S/C10H19N/c1-9(2)4-3-8(7-9)10(11)5-6-10/h8H,3-7,11H2,1-2H3. The second kappa shape index (κ2) is 2.01. The van der Waals surface area contributed by atoms with Gasteiger partial charge in [-0.15, -0.1) is 0 Å². The Hall–Kier alpha value is -0.0400. The molecule has 2 aliphatic carbocycles. The van der Waals surface area contributed by atoms with Gasteiger partial charge in [-0.2, -0.15) is 0 Å². The van der Waals surface area contributed by atoms with E-state index < -0.39 is 0 Å². The van der Waals surface area contributed by atoms with Gasteiger partial charge in [-0.3, -0.25) is 0 Å². The van der Waals surface area contributed by atoms with Crippen molar-refractivity contribution in [3.63, 3.8) is 0 Å². The van der Waals surface area contributed by atoms with Crippen LogP contribution in [-0.4, -0.2) is 5.54 Å². The Balaban J connectivity index is 2.00. The third-order valence-electron chi connectivity index (χ3n) is 3.61. The third kappa shape index (κ3) is 1.31. The van der Waals surface area contributed by atoms with Crippen molar-refractivity contribution in [3.8, 4) is 0 Å². The van der Waals surface area contributed by atoms with E-state index in [-0.39, 0.29) is 5.54 Å². The van der Waals surface area contributed by atoms with Crippen molar-refractivity contribution >= 4 is 0 Å². The van der Waals surface area contributed by atoms with Crippen molar-refractivity contribution < 1.29 is 0 Å². The second-order valence-electron chi connectivity index (χ2n) is 5.34. The quantitative estimate of drug-likeness (QED) is 0.614. The highest BCUT2D eigenvalue weighted by atomic mass is 14.8. The van der Waals surface area contributed by atoms with Crippen molar-refractivity contribution in [1.29, 1.82) is 0 Å². The zero-order chi connectivity index (χ0) is 8.11. The lowest BCUT2D eigenvalue weighted by molar-refractivity contribution is 0.331. The number of nitrogens with two attached hydrogens (primary N) is 1. The molecule has 0 aromatic carbocycles. The van der Waals surface area contributed by atoms with Crippen LogP contribution < -0.4 is 5.73 Å². The van der Waals surface area contributed by atoms with E-state index in [4.69, 9.17) is 5.73 Å². The van der Waals surface area contributed by atoms with E-state index in [0.29, 0.717) is 5.41 Å². The summed E-state index contributed by atoms with van der Waals surface area (Å²) < 4.78 is 0. The summed E-state index contributed by atoms with van der Waals surface area (Å²) in [4.78, 5) is 0. The molecule has 0 bridgehead atoms. The minimum absolute atomic E-state index is 0.285. The van der Waals surface area contributed by atoms with Gasteiger partial charge in [0.05, 0.1) is 0 Å². The Morgan fingerprint density at radius 1 is 1.18 bits per heavy atom. The molecule has 2 aliphatic rings. The van der Waals surface area contributed by atoms with Gasteiger partial charge in [-0.1, -0.05) is 13.8 Å². The first-order chi connectivity index (χ1) is 5.02. The molecule has 0 aromatic heterocycles. The zero-order valence-electron chi connectivity index (χ0n) is 7.69. The predicted molar refractivity (Wildman–Crippen MR) is 47.3 cm³/mol.